The zero-order chi connectivity index (χ0) is 10.3. The predicted octanol–water partition coefficient (Wildman–Crippen LogP) is -6.12. The van der Waals surface area contributed by atoms with E-state index in [-0.39, 0.29) is 129 Å². The molecule has 8 heteroatoms. The normalized spacial score (nSPS) is 6.88. The molecule has 0 aromatic heterocycles. The Balaban J connectivity index is -0.000000240. The summed E-state index contributed by atoms with van der Waals surface area (Å²) >= 11 is 0. The Morgan fingerprint density at radius 2 is 1.31 bits per heavy atom. The second-order valence-electron chi connectivity index (χ2n) is 1.92. The van der Waals surface area contributed by atoms with Gasteiger partial charge in [-0.2, -0.15) is 0 Å². The van der Waals surface area contributed by atoms with Crippen LogP contribution in [0.5, 0.6) is 0 Å². The Morgan fingerprint density at radius 1 is 1.00 bits per heavy atom. The van der Waals surface area contributed by atoms with Crippen molar-refractivity contribution in [3.05, 3.63) is 5.57 Å². The first-order valence-corrected chi connectivity index (χ1v) is 3.76. The summed E-state index contributed by atoms with van der Waals surface area (Å²) in [4.78, 5) is 31.9. The number of hydrogen-bond donors (Lipinski definition) is 0. The first-order valence-electron chi connectivity index (χ1n) is 3.76. The van der Waals surface area contributed by atoms with Crippen molar-refractivity contribution in [1.29, 1.82) is 0 Å². The van der Waals surface area contributed by atoms with E-state index in [0.717, 1.165) is 0 Å². The van der Waals surface area contributed by atoms with Crippen LogP contribution in [0.1, 0.15) is 13.8 Å². The molecule has 0 saturated carbocycles. The predicted molar refractivity (Wildman–Crippen MR) is 49.8 cm³/mol. The van der Waals surface area contributed by atoms with Crippen LogP contribution in [0.4, 0.5) is 0 Å². The summed E-state index contributed by atoms with van der Waals surface area (Å²) in [7, 11) is 0. The number of carbonyl (C=O) groups excluding carboxylic acids is 3. The zero-order valence-electron chi connectivity index (χ0n) is 9.86. The summed E-state index contributed by atoms with van der Waals surface area (Å²) in [5, 5.41) is 0. The summed E-state index contributed by atoms with van der Waals surface area (Å²) in [6.07, 6.45) is 0. The quantitative estimate of drug-likeness (QED) is 0.129. The molecule has 0 spiro atoms. The number of ether oxygens (including phenoxy) is 2. The maximum absolute atomic E-state index is 10.9. The van der Waals surface area contributed by atoms with Gasteiger partial charge in [0.15, 0.2) is 0 Å². The fourth-order valence-corrected chi connectivity index (χ4v) is 0.573. The first-order chi connectivity index (χ1) is 6.17. The Hall–Kier alpha value is 2.01. The molecule has 5 nitrogen and oxygen atoms in total. The smallest absolute Gasteiger partial charge is 1.00 e. The summed E-state index contributed by atoms with van der Waals surface area (Å²) in [6, 6.07) is 0. The molecule has 80 valence electrons. The molecule has 0 aliphatic heterocycles. The van der Waals surface area contributed by atoms with Crippen LogP contribution in [0.15, 0.2) is 5.57 Å². The number of carbonyl (C=O) groups is 2. The molecule has 0 aliphatic rings. The first kappa shape index (κ1) is 26.6. The SMILES string of the molecule is CCOC(=O)C(=C=O)C(=O)OCC.[K+].[K+].[S-2]. The number of rotatable bonds is 4. The van der Waals surface area contributed by atoms with Gasteiger partial charge in [0.05, 0.1) is 13.2 Å². The van der Waals surface area contributed by atoms with E-state index in [0.29, 0.717) is 0 Å². The van der Waals surface area contributed by atoms with Gasteiger partial charge in [0.25, 0.3) is 0 Å². The van der Waals surface area contributed by atoms with Crippen LogP contribution in [-0.2, 0) is 37.4 Å². The number of esters is 2. The van der Waals surface area contributed by atoms with Gasteiger partial charge < -0.3 is 23.0 Å². The zero-order valence-corrected chi connectivity index (χ0v) is 16.9. The summed E-state index contributed by atoms with van der Waals surface area (Å²) in [5.74, 6) is -0.819. The summed E-state index contributed by atoms with van der Waals surface area (Å²) in [6.45, 7) is 3.30. The maximum Gasteiger partial charge on any atom is 1.00 e. The fourth-order valence-electron chi connectivity index (χ4n) is 0.573. The third kappa shape index (κ3) is 11.1. The molecular weight excluding hydrogens is 286 g/mol. The minimum absolute atomic E-state index is 0. The van der Waals surface area contributed by atoms with E-state index in [9.17, 15) is 14.4 Å². The fraction of sp³-hybridized carbons (Fsp3) is 0.500. The third-order valence-electron chi connectivity index (χ3n) is 1.06. The van der Waals surface area contributed by atoms with Gasteiger partial charge in [-0.05, 0) is 13.8 Å². The van der Waals surface area contributed by atoms with Crippen molar-refractivity contribution in [3.63, 3.8) is 0 Å². The van der Waals surface area contributed by atoms with Crippen LogP contribution in [0, 0.1) is 0 Å². The van der Waals surface area contributed by atoms with E-state index in [1.54, 1.807) is 13.8 Å². The largest absolute Gasteiger partial charge is 2.00 e. The average Bonchev–Trinajstić information content (AvgIpc) is 2.06. The van der Waals surface area contributed by atoms with Crippen molar-refractivity contribution >= 4 is 31.4 Å². The third-order valence-corrected chi connectivity index (χ3v) is 1.06. The van der Waals surface area contributed by atoms with Crippen molar-refractivity contribution in [3.8, 4) is 0 Å². The molecule has 0 rings (SSSR count). The maximum atomic E-state index is 10.9. The molecule has 0 saturated heterocycles. The van der Waals surface area contributed by atoms with Crippen LogP contribution in [0.2, 0.25) is 0 Å². The van der Waals surface area contributed by atoms with Gasteiger partial charge in [0.2, 0.25) is 5.57 Å². The van der Waals surface area contributed by atoms with Crippen molar-refractivity contribution in [2.24, 2.45) is 0 Å². The van der Waals surface area contributed by atoms with Crippen LogP contribution >= 0.6 is 0 Å². The van der Waals surface area contributed by atoms with Crippen molar-refractivity contribution in [2.45, 2.75) is 13.8 Å². The van der Waals surface area contributed by atoms with Crippen LogP contribution < -0.4 is 103 Å². The molecule has 16 heavy (non-hydrogen) atoms. The molecule has 0 heterocycles. The standard InChI is InChI=1S/C8H10O5.2K.S/c1-3-12-7(10)6(5-9)8(11)13-4-2;;;/h3-4H2,1-2H3;;;/q;2*+1;-2. The monoisotopic (exact) mass is 296 g/mol. The Labute approximate surface area is 186 Å². The molecule has 0 aliphatic carbocycles. The Morgan fingerprint density at radius 3 is 1.50 bits per heavy atom. The van der Waals surface area contributed by atoms with Gasteiger partial charge in [0, 0.05) is 0 Å². The van der Waals surface area contributed by atoms with Crippen LogP contribution in [0.3, 0.4) is 0 Å². The molecule has 0 bridgehead atoms. The second kappa shape index (κ2) is 17.0. The minimum atomic E-state index is -1.00. The molecule has 0 aromatic rings. The molecule has 0 N–H and O–H groups in total. The van der Waals surface area contributed by atoms with Crippen molar-refractivity contribution < 1.29 is 127 Å². The van der Waals surface area contributed by atoms with Crippen LogP contribution in [0.25, 0.3) is 0 Å². The molecule has 0 aromatic carbocycles. The summed E-state index contributed by atoms with van der Waals surface area (Å²) < 4.78 is 8.85. The van der Waals surface area contributed by atoms with E-state index < -0.39 is 17.5 Å². The van der Waals surface area contributed by atoms with Crippen LogP contribution in [-0.4, -0.2) is 31.1 Å². The molecule has 0 radical (unpaired) electrons. The van der Waals surface area contributed by atoms with E-state index in [1.807, 2.05) is 0 Å². The van der Waals surface area contributed by atoms with Gasteiger partial charge in [0.1, 0.15) is 5.94 Å². The molecular formula is C8H10K2O5S. The molecule has 0 unspecified atom stereocenters. The Bertz CT molecular complexity index is 243. The van der Waals surface area contributed by atoms with Gasteiger partial charge in [-0.3, -0.25) is 0 Å². The van der Waals surface area contributed by atoms with Gasteiger partial charge >= 0.3 is 115 Å². The summed E-state index contributed by atoms with van der Waals surface area (Å²) in [5.41, 5.74) is -0.733. The van der Waals surface area contributed by atoms with Gasteiger partial charge in [-0.1, -0.05) is 0 Å². The van der Waals surface area contributed by atoms with E-state index in [1.165, 1.54) is 5.94 Å². The van der Waals surface area contributed by atoms with E-state index >= 15 is 0 Å². The Kier molecular flexibility index (Phi) is 28.2. The molecule has 0 atom stereocenters. The van der Waals surface area contributed by atoms with E-state index in [2.05, 4.69) is 9.47 Å². The molecule has 0 amide bonds. The number of hydrogen-bond acceptors (Lipinski definition) is 5. The van der Waals surface area contributed by atoms with Crippen molar-refractivity contribution in [2.75, 3.05) is 13.2 Å². The van der Waals surface area contributed by atoms with Gasteiger partial charge in [-0.25, -0.2) is 14.4 Å². The van der Waals surface area contributed by atoms with Crippen molar-refractivity contribution in [1.82, 2.24) is 0 Å². The topological polar surface area (TPSA) is 69.7 Å². The average molecular weight is 296 g/mol. The second-order valence-corrected chi connectivity index (χ2v) is 1.92. The van der Waals surface area contributed by atoms with Gasteiger partial charge in [-0.15, -0.1) is 0 Å². The van der Waals surface area contributed by atoms with E-state index in [4.69, 9.17) is 0 Å². The molecule has 0 fully saturated rings. The minimum Gasteiger partial charge on any atom is -2.00 e.